The Bertz CT molecular complexity index is 1120. The Morgan fingerprint density at radius 2 is 1.50 bits per heavy atom. The van der Waals surface area contributed by atoms with Crippen LogP contribution in [0.4, 0.5) is 5.69 Å². The summed E-state index contributed by atoms with van der Waals surface area (Å²) in [6.07, 6.45) is 0. The third-order valence-electron chi connectivity index (χ3n) is 4.50. The van der Waals surface area contributed by atoms with Gasteiger partial charge in [0.05, 0.1) is 17.9 Å². The largest absolute Gasteiger partial charge is 0.490 e. The summed E-state index contributed by atoms with van der Waals surface area (Å²) in [6, 6.07) is 22.8. The number of benzene rings is 3. The van der Waals surface area contributed by atoms with Crippen LogP contribution >= 0.6 is 12.2 Å². The Balaban J connectivity index is 1.52. The number of ether oxygens (including phenoxy) is 2. The average molecular weight is 480 g/mol. The lowest BCUT2D eigenvalue weighted by atomic mass is 10.1. The number of thiocarbonyl (C=S) groups is 1. The van der Waals surface area contributed by atoms with Crippen molar-refractivity contribution in [2.75, 3.05) is 31.7 Å². The van der Waals surface area contributed by atoms with Crippen LogP contribution in [0.15, 0.2) is 78.9 Å². The van der Waals surface area contributed by atoms with Crippen molar-refractivity contribution in [3.63, 3.8) is 0 Å². The molecule has 0 unspecified atom stereocenters. The Morgan fingerprint density at radius 1 is 0.824 bits per heavy atom. The third-order valence-corrected chi connectivity index (χ3v) is 4.71. The van der Waals surface area contributed by atoms with Gasteiger partial charge in [0.2, 0.25) is 0 Å². The van der Waals surface area contributed by atoms with E-state index in [1.54, 1.807) is 48.5 Å². The minimum atomic E-state index is -0.425. The fraction of sp³-hybridized carbons (Fsp3) is 0.160. The molecule has 4 N–H and O–H groups in total. The molecule has 9 heteroatoms. The van der Waals surface area contributed by atoms with E-state index in [0.29, 0.717) is 35.8 Å². The Kier molecular flexibility index (Phi) is 9.39. The SMILES string of the molecule is O=C(NC(=S)Nc1ccccc1C(=O)NCCO)c1cccc(OCCOc2ccccc2)c1. The van der Waals surface area contributed by atoms with E-state index in [2.05, 4.69) is 16.0 Å². The molecule has 3 aromatic rings. The van der Waals surface area contributed by atoms with Crippen LogP contribution in [0.3, 0.4) is 0 Å². The van der Waals surface area contributed by atoms with Gasteiger partial charge >= 0.3 is 0 Å². The van der Waals surface area contributed by atoms with Gasteiger partial charge in [-0.3, -0.25) is 14.9 Å². The number of hydrogen-bond acceptors (Lipinski definition) is 6. The fourth-order valence-corrected chi connectivity index (χ4v) is 3.15. The zero-order valence-corrected chi connectivity index (χ0v) is 19.1. The highest BCUT2D eigenvalue weighted by Gasteiger charge is 2.13. The van der Waals surface area contributed by atoms with Crippen molar-refractivity contribution in [1.82, 2.24) is 10.6 Å². The van der Waals surface area contributed by atoms with Gasteiger partial charge < -0.3 is 25.2 Å². The smallest absolute Gasteiger partial charge is 0.257 e. The van der Waals surface area contributed by atoms with Crippen LogP contribution in [0, 0.1) is 0 Å². The predicted octanol–water partition coefficient (Wildman–Crippen LogP) is 2.99. The summed E-state index contributed by atoms with van der Waals surface area (Å²) in [7, 11) is 0. The van der Waals surface area contributed by atoms with Gasteiger partial charge in [0, 0.05) is 12.1 Å². The van der Waals surface area contributed by atoms with Gasteiger partial charge in [0.1, 0.15) is 24.7 Å². The maximum absolute atomic E-state index is 12.6. The maximum atomic E-state index is 12.6. The summed E-state index contributed by atoms with van der Waals surface area (Å²) < 4.78 is 11.3. The maximum Gasteiger partial charge on any atom is 0.257 e. The number of carbonyl (C=O) groups is 2. The number of carbonyl (C=O) groups excluding carboxylic acids is 2. The van der Waals surface area contributed by atoms with Crippen LogP contribution in [0.5, 0.6) is 11.5 Å². The van der Waals surface area contributed by atoms with Gasteiger partial charge in [-0.2, -0.15) is 0 Å². The molecule has 0 saturated heterocycles. The molecular weight excluding hydrogens is 454 g/mol. The van der Waals surface area contributed by atoms with Crippen LogP contribution in [0.1, 0.15) is 20.7 Å². The van der Waals surface area contributed by atoms with E-state index < -0.39 is 5.91 Å². The number of hydrogen-bond donors (Lipinski definition) is 4. The average Bonchev–Trinajstić information content (AvgIpc) is 2.86. The van der Waals surface area contributed by atoms with Crippen molar-refractivity contribution in [1.29, 1.82) is 0 Å². The molecule has 0 aliphatic carbocycles. The molecule has 0 heterocycles. The lowest BCUT2D eigenvalue weighted by Crippen LogP contribution is -2.35. The Morgan fingerprint density at radius 3 is 2.26 bits per heavy atom. The number of aliphatic hydroxyl groups is 1. The van der Waals surface area contributed by atoms with E-state index in [4.69, 9.17) is 26.8 Å². The van der Waals surface area contributed by atoms with Crippen molar-refractivity contribution in [3.05, 3.63) is 90.0 Å². The topological polar surface area (TPSA) is 109 Å². The summed E-state index contributed by atoms with van der Waals surface area (Å²) in [6.45, 7) is 0.637. The lowest BCUT2D eigenvalue weighted by Gasteiger charge is -2.14. The number of aliphatic hydroxyl groups excluding tert-OH is 1. The molecule has 0 aliphatic heterocycles. The van der Waals surface area contributed by atoms with Gasteiger partial charge in [-0.1, -0.05) is 36.4 Å². The highest BCUT2D eigenvalue weighted by atomic mass is 32.1. The summed E-state index contributed by atoms with van der Waals surface area (Å²) in [4.78, 5) is 24.9. The molecule has 176 valence electrons. The second kappa shape index (κ2) is 12.9. The fourth-order valence-electron chi connectivity index (χ4n) is 2.95. The van der Waals surface area contributed by atoms with Crippen molar-refractivity contribution in [2.24, 2.45) is 0 Å². The molecule has 8 nitrogen and oxygen atoms in total. The predicted molar refractivity (Wildman–Crippen MR) is 133 cm³/mol. The molecule has 34 heavy (non-hydrogen) atoms. The normalized spacial score (nSPS) is 10.1. The van der Waals surface area contributed by atoms with E-state index in [1.165, 1.54) is 0 Å². The van der Waals surface area contributed by atoms with E-state index >= 15 is 0 Å². The molecule has 0 saturated carbocycles. The minimum absolute atomic E-state index is 0.0370. The first-order valence-electron chi connectivity index (χ1n) is 10.6. The molecule has 0 bridgehead atoms. The van der Waals surface area contributed by atoms with Crippen LogP contribution in [-0.4, -0.2) is 48.4 Å². The second-order valence-corrected chi connectivity index (χ2v) is 7.38. The van der Waals surface area contributed by atoms with Gasteiger partial charge in [-0.05, 0) is 54.7 Å². The molecule has 2 amide bonds. The first-order chi connectivity index (χ1) is 16.6. The van der Waals surface area contributed by atoms with Crippen molar-refractivity contribution < 1.29 is 24.2 Å². The molecule has 0 radical (unpaired) electrons. The Labute approximate surface area is 202 Å². The molecule has 0 aromatic heterocycles. The highest BCUT2D eigenvalue weighted by molar-refractivity contribution is 7.80. The lowest BCUT2D eigenvalue weighted by molar-refractivity contribution is 0.0944. The van der Waals surface area contributed by atoms with E-state index in [-0.39, 0.29) is 24.2 Å². The van der Waals surface area contributed by atoms with Gasteiger partial charge in [0.25, 0.3) is 11.8 Å². The summed E-state index contributed by atoms with van der Waals surface area (Å²) >= 11 is 5.25. The summed E-state index contributed by atoms with van der Waals surface area (Å²) in [5.74, 6) is 0.486. The molecule has 0 fully saturated rings. The van der Waals surface area contributed by atoms with Crippen LogP contribution in [0.25, 0.3) is 0 Å². The molecule has 3 rings (SSSR count). The van der Waals surface area contributed by atoms with Crippen molar-refractivity contribution >= 4 is 34.8 Å². The molecule has 0 atom stereocenters. The van der Waals surface area contributed by atoms with E-state index in [1.807, 2.05) is 30.3 Å². The standard InChI is InChI=1S/C25H25N3O5S/c29-14-13-26-24(31)21-11-4-5-12-22(21)27-25(34)28-23(30)18-7-6-10-20(17-18)33-16-15-32-19-8-2-1-3-9-19/h1-12,17,29H,13-16H2,(H,26,31)(H2,27,28,30,34). The van der Waals surface area contributed by atoms with Crippen LogP contribution in [-0.2, 0) is 0 Å². The summed E-state index contributed by atoms with van der Waals surface area (Å²) in [5.41, 5.74) is 1.12. The van der Waals surface area contributed by atoms with Crippen LogP contribution in [0.2, 0.25) is 0 Å². The molecule has 0 spiro atoms. The number of nitrogens with one attached hydrogen (secondary N) is 3. The molecule has 3 aromatic carbocycles. The van der Waals surface area contributed by atoms with Gasteiger partial charge in [-0.15, -0.1) is 0 Å². The van der Waals surface area contributed by atoms with E-state index in [9.17, 15) is 9.59 Å². The van der Waals surface area contributed by atoms with E-state index in [0.717, 1.165) is 5.75 Å². The third kappa shape index (κ3) is 7.58. The number of rotatable bonds is 10. The number of para-hydroxylation sites is 2. The molecular formula is C25H25N3O5S. The quantitative estimate of drug-likeness (QED) is 0.261. The highest BCUT2D eigenvalue weighted by Crippen LogP contribution is 2.16. The monoisotopic (exact) mass is 479 g/mol. The van der Waals surface area contributed by atoms with Gasteiger partial charge in [0.15, 0.2) is 5.11 Å². The minimum Gasteiger partial charge on any atom is -0.490 e. The molecule has 0 aliphatic rings. The number of amides is 2. The van der Waals surface area contributed by atoms with Crippen LogP contribution < -0.4 is 25.4 Å². The first-order valence-corrected chi connectivity index (χ1v) is 11.0. The zero-order valence-electron chi connectivity index (χ0n) is 18.3. The zero-order chi connectivity index (χ0) is 24.2. The van der Waals surface area contributed by atoms with Gasteiger partial charge in [-0.25, -0.2) is 0 Å². The summed E-state index contributed by atoms with van der Waals surface area (Å²) in [5, 5.41) is 17.0. The van der Waals surface area contributed by atoms with Crippen molar-refractivity contribution in [2.45, 2.75) is 0 Å². The van der Waals surface area contributed by atoms with Crippen molar-refractivity contribution in [3.8, 4) is 11.5 Å². The number of anilines is 1. The second-order valence-electron chi connectivity index (χ2n) is 6.97. The Hall–Kier alpha value is -3.95. The first kappa shape index (κ1) is 24.7.